The lowest BCUT2D eigenvalue weighted by molar-refractivity contribution is -0.116. The quantitative estimate of drug-likeness (QED) is 0.894. The number of nitrogens with one attached hydrogen (secondary N) is 1. The molecule has 0 radical (unpaired) electrons. The summed E-state index contributed by atoms with van der Waals surface area (Å²) in [7, 11) is 0. The third-order valence-electron chi connectivity index (χ3n) is 4.76. The summed E-state index contributed by atoms with van der Waals surface area (Å²) in [6, 6.07) is 11.5. The van der Waals surface area contributed by atoms with E-state index in [0.29, 0.717) is 25.1 Å². The van der Waals surface area contributed by atoms with Crippen molar-refractivity contribution in [2.75, 3.05) is 23.3 Å². The van der Waals surface area contributed by atoms with E-state index < -0.39 is 6.10 Å². The number of aliphatic hydroxyl groups is 1. The number of carbonyl (C=O) groups excluding carboxylic acids is 1. The molecule has 2 atom stereocenters. The molecule has 0 unspecified atom stereocenters. The second kappa shape index (κ2) is 6.72. The van der Waals surface area contributed by atoms with Crippen molar-refractivity contribution in [1.82, 2.24) is 4.98 Å². The number of carbonyl (C=O) groups is 1. The van der Waals surface area contributed by atoms with Crippen LogP contribution in [0.2, 0.25) is 0 Å². The van der Waals surface area contributed by atoms with Crippen LogP contribution in [0.3, 0.4) is 0 Å². The maximum absolute atomic E-state index is 11.5. The van der Waals surface area contributed by atoms with E-state index in [4.69, 9.17) is 4.74 Å². The second-order valence-electron chi connectivity index (χ2n) is 6.51. The SMILES string of the molecule is O=C1CCc2ccc(O[C@@H]3CCN(c4ccccn4)C[C@H]3O)cc2N1. The zero-order valence-corrected chi connectivity index (χ0v) is 13.9. The molecule has 130 valence electrons. The van der Waals surface area contributed by atoms with E-state index in [1.807, 2.05) is 36.4 Å². The largest absolute Gasteiger partial charge is 0.488 e. The van der Waals surface area contributed by atoms with E-state index in [2.05, 4.69) is 15.2 Å². The number of pyridine rings is 1. The number of anilines is 2. The van der Waals surface area contributed by atoms with Gasteiger partial charge in [0.05, 0.1) is 0 Å². The Bertz CT molecular complexity index is 766. The van der Waals surface area contributed by atoms with Gasteiger partial charge < -0.3 is 20.1 Å². The van der Waals surface area contributed by atoms with Crippen LogP contribution in [0.1, 0.15) is 18.4 Å². The van der Waals surface area contributed by atoms with Crippen LogP contribution in [0.4, 0.5) is 11.5 Å². The third kappa shape index (κ3) is 3.44. The van der Waals surface area contributed by atoms with Crippen LogP contribution >= 0.6 is 0 Å². The molecule has 1 amide bonds. The molecular formula is C19H21N3O3. The van der Waals surface area contributed by atoms with Crippen molar-refractivity contribution in [3.8, 4) is 5.75 Å². The average molecular weight is 339 g/mol. The first-order valence-electron chi connectivity index (χ1n) is 8.62. The zero-order chi connectivity index (χ0) is 17.2. The molecule has 1 saturated heterocycles. The zero-order valence-electron chi connectivity index (χ0n) is 13.9. The first-order chi connectivity index (χ1) is 12.2. The predicted octanol–water partition coefficient (Wildman–Crippen LogP) is 1.98. The molecule has 2 aromatic rings. The molecule has 2 aliphatic rings. The molecule has 2 aliphatic heterocycles. The second-order valence-corrected chi connectivity index (χ2v) is 6.51. The van der Waals surface area contributed by atoms with Crippen molar-refractivity contribution in [2.45, 2.75) is 31.5 Å². The normalized spacial score (nSPS) is 22.9. The van der Waals surface area contributed by atoms with Gasteiger partial charge in [-0.15, -0.1) is 0 Å². The number of benzene rings is 1. The van der Waals surface area contributed by atoms with Gasteiger partial charge in [-0.05, 0) is 30.2 Å². The van der Waals surface area contributed by atoms with E-state index in [1.54, 1.807) is 6.20 Å². The first-order valence-corrected chi connectivity index (χ1v) is 8.62. The highest BCUT2D eigenvalue weighted by Gasteiger charge is 2.30. The number of ether oxygens (including phenoxy) is 1. The van der Waals surface area contributed by atoms with Crippen LogP contribution < -0.4 is 15.0 Å². The number of rotatable bonds is 3. The van der Waals surface area contributed by atoms with Gasteiger partial charge in [-0.1, -0.05) is 12.1 Å². The van der Waals surface area contributed by atoms with Gasteiger partial charge in [0, 0.05) is 43.9 Å². The summed E-state index contributed by atoms with van der Waals surface area (Å²) in [5.74, 6) is 1.58. The van der Waals surface area contributed by atoms with Crippen molar-refractivity contribution < 1.29 is 14.6 Å². The van der Waals surface area contributed by atoms with Crippen LogP contribution in [0.5, 0.6) is 5.75 Å². The van der Waals surface area contributed by atoms with Crippen LogP contribution in [0.25, 0.3) is 0 Å². The van der Waals surface area contributed by atoms with Gasteiger partial charge in [0.15, 0.2) is 0 Å². The van der Waals surface area contributed by atoms with Crippen LogP contribution in [-0.4, -0.2) is 41.3 Å². The number of hydrogen-bond donors (Lipinski definition) is 2. The number of aromatic nitrogens is 1. The molecule has 6 nitrogen and oxygen atoms in total. The van der Waals surface area contributed by atoms with Crippen molar-refractivity contribution >= 4 is 17.4 Å². The minimum absolute atomic E-state index is 0.0355. The Kier molecular flexibility index (Phi) is 4.28. The minimum atomic E-state index is -0.596. The Hall–Kier alpha value is -2.60. The smallest absolute Gasteiger partial charge is 0.224 e. The lowest BCUT2D eigenvalue weighted by atomic mass is 10.0. The maximum atomic E-state index is 11.5. The monoisotopic (exact) mass is 339 g/mol. The van der Waals surface area contributed by atoms with E-state index in [0.717, 1.165) is 30.0 Å². The molecular weight excluding hydrogens is 318 g/mol. The molecule has 1 aromatic heterocycles. The molecule has 3 heterocycles. The number of aryl methyl sites for hydroxylation is 1. The summed E-state index contributed by atoms with van der Waals surface area (Å²) in [4.78, 5) is 17.9. The molecule has 4 rings (SSSR count). The highest BCUT2D eigenvalue weighted by molar-refractivity contribution is 5.94. The van der Waals surface area contributed by atoms with Gasteiger partial charge in [0.2, 0.25) is 5.91 Å². The molecule has 1 aromatic carbocycles. The Morgan fingerprint density at radius 1 is 1.24 bits per heavy atom. The standard InChI is InChI=1S/C19H21N3O3/c23-16-12-22(18-3-1-2-9-20-18)10-8-17(16)25-14-6-4-13-5-7-19(24)21-15(13)11-14/h1-4,6,9,11,16-17,23H,5,7-8,10,12H2,(H,21,24)/t16-,17-/m1/s1. The molecule has 0 aliphatic carbocycles. The Morgan fingerprint density at radius 3 is 2.96 bits per heavy atom. The van der Waals surface area contributed by atoms with Crippen molar-refractivity contribution in [1.29, 1.82) is 0 Å². The van der Waals surface area contributed by atoms with Gasteiger partial charge in [-0.3, -0.25) is 4.79 Å². The van der Waals surface area contributed by atoms with Crippen LogP contribution in [0, 0.1) is 0 Å². The van der Waals surface area contributed by atoms with Crippen LogP contribution in [-0.2, 0) is 11.2 Å². The summed E-state index contributed by atoms with van der Waals surface area (Å²) >= 11 is 0. The van der Waals surface area contributed by atoms with Crippen LogP contribution in [0.15, 0.2) is 42.6 Å². The number of β-amino-alcohol motifs (C(OH)–C–C–N with tert-alkyl or cyclic N) is 1. The highest BCUT2D eigenvalue weighted by Crippen LogP contribution is 2.29. The van der Waals surface area contributed by atoms with E-state index in [1.165, 1.54) is 0 Å². The van der Waals surface area contributed by atoms with Gasteiger partial charge in [0.1, 0.15) is 23.8 Å². The number of amides is 1. The predicted molar refractivity (Wildman–Crippen MR) is 94.9 cm³/mol. The Balaban J connectivity index is 1.42. The average Bonchev–Trinajstić information content (AvgIpc) is 2.64. The fraction of sp³-hybridized carbons (Fsp3) is 0.368. The summed E-state index contributed by atoms with van der Waals surface area (Å²) in [5.41, 5.74) is 1.94. The van der Waals surface area contributed by atoms with Gasteiger partial charge >= 0.3 is 0 Å². The lowest BCUT2D eigenvalue weighted by Crippen LogP contribution is -2.49. The number of piperidine rings is 1. The molecule has 1 fully saturated rings. The van der Waals surface area contributed by atoms with Crippen molar-refractivity contribution in [3.63, 3.8) is 0 Å². The van der Waals surface area contributed by atoms with Crippen molar-refractivity contribution in [3.05, 3.63) is 48.2 Å². The first kappa shape index (κ1) is 15.9. The number of aliphatic hydroxyl groups excluding tert-OH is 1. The summed E-state index contributed by atoms with van der Waals surface area (Å²) in [6.45, 7) is 1.27. The summed E-state index contributed by atoms with van der Waals surface area (Å²) in [6.07, 6.45) is 2.89. The summed E-state index contributed by atoms with van der Waals surface area (Å²) < 4.78 is 6.00. The Morgan fingerprint density at radius 2 is 2.16 bits per heavy atom. The molecule has 0 saturated carbocycles. The fourth-order valence-electron chi connectivity index (χ4n) is 3.40. The van der Waals surface area contributed by atoms with Gasteiger partial charge in [0.25, 0.3) is 0 Å². The highest BCUT2D eigenvalue weighted by atomic mass is 16.5. The fourth-order valence-corrected chi connectivity index (χ4v) is 3.40. The van der Waals surface area contributed by atoms with Gasteiger partial charge in [-0.25, -0.2) is 4.98 Å². The lowest BCUT2D eigenvalue weighted by Gasteiger charge is -2.36. The van der Waals surface area contributed by atoms with E-state index in [9.17, 15) is 9.90 Å². The number of nitrogens with zero attached hydrogens (tertiary/aromatic N) is 2. The molecule has 6 heteroatoms. The molecule has 2 N–H and O–H groups in total. The molecule has 0 spiro atoms. The molecule has 0 bridgehead atoms. The third-order valence-corrected chi connectivity index (χ3v) is 4.76. The minimum Gasteiger partial charge on any atom is -0.488 e. The molecule has 25 heavy (non-hydrogen) atoms. The maximum Gasteiger partial charge on any atom is 0.224 e. The Labute approximate surface area is 146 Å². The number of hydrogen-bond acceptors (Lipinski definition) is 5. The van der Waals surface area contributed by atoms with E-state index >= 15 is 0 Å². The number of fused-ring (bicyclic) bond motifs is 1. The van der Waals surface area contributed by atoms with E-state index in [-0.39, 0.29) is 12.0 Å². The van der Waals surface area contributed by atoms with Crippen molar-refractivity contribution in [2.24, 2.45) is 0 Å². The summed E-state index contributed by atoms with van der Waals surface area (Å²) in [5, 5.41) is 13.4. The topological polar surface area (TPSA) is 74.7 Å². The van der Waals surface area contributed by atoms with Gasteiger partial charge in [-0.2, -0.15) is 0 Å².